The highest BCUT2D eigenvalue weighted by Crippen LogP contribution is 2.24. The largest absolute Gasteiger partial charge is 0.235 e. The molecule has 2 rings (SSSR count). The van der Waals surface area contributed by atoms with Crippen LogP contribution in [0, 0.1) is 11.3 Å². The molecule has 1 aromatic heterocycles. The summed E-state index contributed by atoms with van der Waals surface area (Å²) < 4.78 is 0.527. The maximum absolute atomic E-state index is 9.00. The lowest BCUT2D eigenvalue weighted by Crippen LogP contribution is -1.92. The van der Waals surface area contributed by atoms with Gasteiger partial charge >= 0.3 is 0 Å². The van der Waals surface area contributed by atoms with Gasteiger partial charge in [-0.25, -0.2) is 9.97 Å². The van der Waals surface area contributed by atoms with Crippen LogP contribution >= 0.6 is 15.9 Å². The Labute approximate surface area is 95.6 Å². The smallest absolute Gasteiger partial charge is 0.127 e. The van der Waals surface area contributed by atoms with E-state index < -0.39 is 0 Å². The first-order valence-electron chi connectivity index (χ1n) is 4.29. The second-order valence-corrected chi connectivity index (χ2v) is 3.62. The highest BCUT2D eigenvalue weighted by Gasteiger charge is 2.09. The van der Waals surface area contributed by atoms with Crippen molar-refractivity contribution >= 4 is 15.9 Å². The van der Waals surface area contributed by atoms with E-state index in [1.165, 1.54) is 6.33 Å². The van der Waals surface area contributed by atoms with Crippen molar-refractivity contribution in [2.24, 2.45) is 0 Å². The summed E-state index contributed by atoms with van der Waals surface area (Å²) in [7, 11) is 0. The van der Waals surface area contributed by atoms with Crippen LogP contribution in [-0.4, -0.2) is 9.97 Å². The van der Waals surface area contributed by atoms with Crippen LogP contribution in [0.4, 0.5) is 0 Å². The first-order valence-corrected chi connectivity index (χ1v) is 5.08. The van der Waals surface area contributed by atoms with E-state index in [9.17, 15) is 0 Å². The molecule has 1 aromatic carbocycles. The van der Waals surface area contributed by atoms with Gasteiger partial charge in [0.1, 0.15) is 22.6 Å². The average Bonchev–Trinajstić information content (AvgIpc) is 2.30. The Kier molecular flexibility index (Phi) is 2.75. The van der Waals surface area contributed by atoms with Crippen LogP contribution in [-0.2, 0) is 0 Å². The van der Waals surface area contributed by atoms with Gasteiger partial charge in [0, 0.05) is 5.56 Å². The molecule has 0 N–H and O–H groups in total. The van der Waals surface area contributed by atoms with Crippen LogP contribution in [0.1, 0.15) is 5.56 Å². The molecule has 0 atom stereocenters. The quantitative estimate of drug-likeness (QED) is 0.741. The fourth-order valence-corrected chi connectivity index (χ4v) is 1.65. The minimum absolute atomic E-state index is 0.462. The number of aromatic nitrogens is 2. The fourth-order valence-electron chi connectivity index (χ4n) is 1.28. The summed E-state index contributed by atoms with van der Waals surface area (Å²) in [5.41, 5.74) is 2.03. The molecule has 72 valence electrons. The summed E-state index contributed by atoms with van der Waals surface area (Å²) in [5, 5.41) is 9.00. The number of hydrogen-bond acceptors (Lipinski definition) is 3. The summed E-state index contributed by atoms with van der Waals surface area (Å²) in [6, 6.07) is 11.7. The van der Waals surface area contributed by atoms with Crippen molar-refractivity contribution in [3.8, 4) is 17.3 Å². The monoisotopic (exact) mass is 259 g/mol. The zero-order valence-corrected chi connectivity index (χ0v) is 9.27. The molecule has 2 aromatic rings. The van der Waals surface area contributed by atoms with Gasteiger partial charge in [-0.1, -0.05) is 30.3 Å². The van der Waals surface area contributed by atoms with Crippen molar-refractivity contribution < 1.29 is 0 Å². The maximum Gasteiger partial charge on any atom is 0.127 e. The molecule has 4 heteroatoms. The Bertz CT molecular complexity index is 517. The predicted octanol–water partition coefficient (Wildman–Crippen LogP) is 2.78. The molecule has 0 saturated carbocycles. The average molecular weight is 260 g/mol. The predicted molar refractivity (Wildman–Crippen MR) is 59.9 cm³/mol. The summed E-state index contributed by atoms with van der Waals surface area (Å²) >= 11 is 3.23. The Balaban J connectivity index is 2.65. The molecule has 0 saturated heterocycles. The van der Waals surface area contributed by atoms with Gasteiger partial charge in [-0.3, -0.25) is 0 Å². The second kappa shape index (κ2) is 4.20. The minimum atomic E-state index is 0.462. The van der Waals surface area contributed by atoms with Gasteiger partial charge in [-0.05, 0) is 15.9 Å². The van der Waals surface area contributed by atoms with Crippen molar-refractivity contribution in [3.63, 3.8) is 0 Å². The third-order valence-corrected chi connectivity index (χ3v) is 2.56. The Morgan fingerprint density at radius 1 is 1.13 bits per heavy atom. The van der Waals surface area contributed by atoms with Crippen molar-refractivity contribution in [1.82, 2.24) is 9.97 Å². The Morgan fingerprint density at radius 2 is 1.87 bits per heavy atom. The first-order chi connectivity index (χ1) is 7.33. The first kappa shape index (κ1) is 9.81. The van der Waals surface area contributed by atoms with E-state index >= 15 is 0 Å². The fraction of sp³-hybridized carbons (Fsp3) is 0. The zero-order chi connectivity index (χ0) is 10.7. The minimum Gasteiger partial charge on any atom is -0.235 e. The summed E-state index contributed by atoms with van der Waals surface area (Å²) in [4.78, 5) is 8.04. The van der Waals surface area contributed by atoms with Crippen molar-refractivity contribution in [1.29, 1.82) is 5.26 Å². The molecular formula is C11H6BrN3. The van der Waals surface area contributed by atoms with Crippen LogP contribution in [0.5, 0.6) is 0 Å². The van der Waals surface area contributed by atoms with Crippen LogP contribution in [0.2, 0.25) is 0 Å². The molecule has 3 nitrogen and oxygen atoms in total. The molecule has 0 bridgehead atoms. The van der Waals surface area contributed by atoms with Gasteiger partial charge in [-0.2, -0.15) is 5.26 Å². The number of rotatable bonds is 1. The standard InChI is InChI=1S/C11H6BrN3/c12-11-9(6-13)10(14-7-15-11)8-4-2-1-3-5-8/h1-5,7H. The third-order valence-electron chi connectivity index (χ3n) is 1.96. The number of halogens is 1. The van der Waals surface area contributed by atoms with E-state index in [4.69, 9.17) is 5.26 Å². The van der Waals surface area contributed by atoms with Crippen molar-refractivity contribution in [2.75, 3.05) is 0 Å². The molecule has 0 fully saturated rings. The summed E-state index contributed by atoms with van der Waals surface area (Å²) in [6.07, 6.45) is 1.44. The van der Waals surface area contributed by atoms with E-state index in [0.29, 0.717) is 15.9 Å². The summed E-state index contributed by atoms with van der Waals surface area (Å²) in [5.74, 6) is 0. The molecule has 0 unspecified atom stereocenters. The second-order valence-electron chi connectivity index (χ2n) is 2.87. The van der Waals surface area contributed by atoms with E-state index in [-0.39, 0.29) is 0 Å². The molecule has 0 amide bonds. The zero-order valence-electron chi connectivity index (χ0n) is 7.68. The van der Waals surface area contributed by atoms with E-state index in [0.717, 1.165) is 5.56 Å². The molecule has 0 aliphatic rings. The van der Waals surface area contributed by atoms with E-state index in [2.05, 4.69) is 32.0 Å². The molecular weight excluding hydrogens is 254 g/mol. The molecule has 0 spiro atoms. The highest BCUT2D eigenvalue weighted by molar-refractivity contribution is 9.10. The Hall–Kier alpha value is -1.73. The van der Waals surface area contributed by atoms with Crippen molar-refractivity contribution in [3.05, 3.63) is 46.8 Å². The van der Waals surface area contributed by atoms with Crippen LogP contribution in [0.3, 0.4) is 0 Å². The lowest BCUT2D eigenvalue weighted by Gasteiger charge is -2.02. The van der Waals surface area contributed by atoms with Crippen LogP contribution in [0.15, 0.2) is 41.3 Å². The third kappa shape index (κ3) is 1.88. The molecule has 0 aliphatic carbocycles. The molecule has 1 heterocycles. The Morgan fingerprint density at radius 3 is 2.53 bits per heavy atom. The number of hydrogen-bond donors (Lipinski definition) is 0. The van der Waals surface area contributed by atoms with Gasteiger partial charge < -0.3 is 0 Å². The van der Waals surface area contributed by atoms with Crippen LogP contribution < -0.4 is 0 Å². The van der Waals surface area contributed by atoms with Gasteiger partial charge in [0.2, 0.25) is 0 Å². The lowest BCUT2D eigenvalue weighted by molar-refractivity contribution is 1.13. The maximum atomic E-state index is 9.00. The molecule has 0 radical (unpaired) electrons. The summed E-state index contributed by atoms with van der Waals surface area (Å²) in [6.45, 7) is 0. The van der Waals surface area contributed by atoms with E-state index in [1.54, 1.807) is 0 Å². The molecule has 0 aliphatic heterocycles. The topological polar surface area (TPSA) is 49.6 Å². The van der Waals surface area contributed by atoms with Gasteiger partial charge in [-0.15, -0.1) is 0 Å². The number of nitrogens with zero attached hydrogens (tertiary/aromatic N) is 3. The number of benzene rings is 1. The SMILES string of the molecule is N#Cc1c(Br)ncnc1-c1ccccc1. The van der Waals surface area contributed by atoms with Crippen molar-refractivity contribution in [2.45, 2.75) is 0 Å². The molecule has 15 heavy (non-hydrogen) atoms. The van der Waals surface area contributed by atoms with Gasteiger partial charge in [0.05, 0.1) is 5.69 Å². The lowest BCUT2D eigenvalue weighted by atomic mass is 10.1. The van der Waals surface area contributed by atoms with E-state index in [1.807, 2.05) is 30.3 Å². The number of nitriles is 1. The highest BCUT2D eigenvalue weighted by atomic mass is 79.9. The normalized spacial score (nSPS) is 9.60. The van der Waals surface area contributed by atoms with Gasteiger partial charge in [0.15, 0.2) is 0 Å². The van der Waals surface area contributed by atoms with Crippen LogP contribution in [0.25, 0.3) is 11.3 Å². The van der Waals surface area contributed by atoms with Gasteiger partial charge in [0.25, 0.3) is 0 Å².